The summed E-state index contributed by atoms with van der Waals surface area (Å²) in [6.45, 7) is 7.65. The molecule has 3 aliphatic rings. The summed E-state index contributed by atoms with van der Waals surface area (Å²) in [5, 5.41) is 0. The van der Waals surface area contributed by atoms with E-state index in [1.165, 1.54) is 5.69 Å². The smallest absolute Gasteiger partial charge is 0.320 e. The molecule has 0 N–H and O–H groups in total. The lowest BCUT2D eigenvalue weighted by atomic mass is 10.0. The molecule has 0 saturated carbocycles. The number of carbonyl (C=O) groups excluding carboxylic acids is 1. The van der Waals surface area contributed by atoms with Gasteiger partial charge in [-0.25, -0.2) is 4.79 Å². The number of fused-ring (bicyclic) bond motifs is 1. The molecule has 0 spiro atoms. The lowest BCUT2D eigenvalue weighted by Crippen LogP contribution is -2.48. The Labute approximate surface area is 157 Å². The number of hydrogen-bond donors (Lipinski definition) is 0. The molecule has 0 bridgehead atoms. The zero-order valence-corrected chi connectivity index (χ0v) is 16.1. The third-order valence-electron chi connectivity index (χ3n) is 5.72. The van der Waals surface area contributed by atoms with Crippen LogP contribution in [0.3, 0.4) is 0 Å². The van der Waals surface area contributed by atoms with Crippen LogP contribution in [0.25, 0.3) is 0 Å². The van der Waals surface area contributed by atoms with Gasteiger partial charge in [-0.1, -0.05) is 0 Å². The molecule has 3 saturated heterocycles. The molecular weight excluding hydrogens is 350 g/mol. The van der Waals surface area contributed by atoms with Gasteiger partial charge in [-0.05, 0) is 31.2 Å². The summed E-state index contributed by atoms with van der Waals surface area (Å²) in [6.07, 6.45) is 0. The fraction of sp³-hybridized carbons (Fsp3) is 0.632. The molecule has 7 heteroatoms. The van der Waals surface area contributed by atoms with Crippen LogP contribution in [-0.4, -0.2) is 77.4 Å². The second-order valence-corrected chi connectivity index (χ2v) is 9.07. The number of anilines is 1. The van der Waals surface area contributed by atoms with Gasteiger partial charge in [-0.15, -0.1) is 0 Å². The molecule has 3 aliphatic heterocycles. The normalized spacial score (nSPS) is 26.3. The molecule has 0 aliphatic carbocycles. The molecule has 1 aromatic carbocycles. The van der Waals surface area contributed by atoms with Crippen LogP contribution < -0.4 is 9.64 Å². The summed E-state index contributed by atoms with van der Waals surface area (Å²) in [6, 6.07) is 8.46. The fourth-order valence-electron chi connectivity index (χ4n) is 4.31. The van der Waals surface area contributed by atoms with E-state index in [9.17, 15) is 9.00 Å². The van der Waals surface area contributed by atoms with Gasteiger partial charge < -0.3 is 19.4 Å². The first-order valence-electron chi connectivity index (χ1n) is 9.50. The van der Waals surface area contributed by atoms with E-state index in [0.717, 1.165) is 31.9 Å². The van der Waals surface area contributed by atoms with Gasteiger partial charge in [0.2, 0.25) is 0 Å². The van der Waals surface area contributed by atoms with Crippen LogP contribution >= 0.6 is 0 Å². The molecule has 4 rings (SSSR count). The van der Waals surface area contributed by atoms with Crippen LogP contribution in [0.15, 0.2) is 24.3 Å². The van der Waals surface area contributed by atoms with Crippen molar-refractivity contribution in [2.75, 3.05) is 62.3 Å². The minimum absolute atomic E-state index is 0.142. The molecular formula is C19H27N3O3S. The maximum atomic E-state index is 12.7. The van der Waals surface area contributed by atoms with Gasteiger partial charge in [0.1, 0.15) is 5.75 Å². The summed E-state index contributed by atoms with van der Waals surface area (Å²) in [7, 11) is -0.741. The largest absolute Gasteiger partial charge is 0.494 e. The third kappa shape index (κ3) is 3.54. The SMILES string of the molecule is CCOc1ccc(N2C[C@H]3CN(C(=O)N4CCS(=O)CC4)C[C@H]3C2)cc1. The van der Waals surface area contributed by atoms with Crippen LogP contribution in [-0.2, 0) is 10.8 Å². The maximum absolute atomic E-state index is 12.7. The van der Waals surface area contributed by atoms with E-state index in [1.807, 2.05) is 28.9 Å². The summed E-state index contributed by atoms with van der Waals surface area (Å²) in [5.74, 6) is 3.25. The van der Waals surface area contributed by atoms with E-state index < -0.39 is 10.8 Å². The lowest BCUT2D eigenvalue weighted by molar-refractivity contribution is 0.164. The first kappa shape index (κ1) is 17.6. The van der Waals surface area contributed by atoms with Crippen LogP contribution in [0.1, 0.15) is 6.92 Å². The van der Waals surface area contributed by atoms with Crippen LogP contribution in [0.5, 0.6) is 5.75 Å². The first-order valence-corrected chi connectivity index (χ1v) is 11.0. The van der Waals surface area contributed by atoms with Gasteiger partial charge >= 0.3 is 6.03 Å². The number of nitrogens with zero attached hydrogens (tertiary/aromatic N) is 3. The van der Waals surface area contributed by atoms with Gasteiger partial charge in [0.05, 0.1) is 6.61 Å². The molecule has 1 aromatic rings. The molecule has 6 nitrogen and oxygen atoms in total. The second-order valence-electron chi connectivity index (χ2n) is 7.37. The Kier molecular flexibility index (Phi) is 5.07. The van der Waals surface area contributed by atoms with E-state index in [4.69, 9.17) is 4.74 Å². The highest BCUT2D eigenvalue weighted by atomic mass is 32.2. The van der Waals surface area contributed by atoms with Crippen molar-refractivity contribution in [2.24, 2.45) is 11.8 Å². The number of rotatable bonds is 3. The third-order valence-corrected chi connectivity index (χ3v) is 6.99. The van der Waals surface area contributed by atoms with E-state index in [-0.39, 0.29) is 6.03 Å². The molecule has 0 aromatic heterocycles. The summed E-state index contributed by atoms with van der Waals surface area (Å²) in [5.41, 5.74) is 1.24. The fourth-order valence-corrected chi connectivity index (χ4v) is 5.36. The van der Waals surface area contributed by atoms with E-state index in [1.54, 1.807) is 0 Å². The predicted octanol–water partition coefficient (Wildman–Crippen LogP) is 1.64. The standard InChI is InChI=1S/C19H27N3O3S/c1-2-25-18-5-3-17(4-6-18)21-11-15-13-22(14-16(15)12-21)19(23)20-7-9-26(24)10-8-20/h3-6,15-16H,2,7-14H2,1H3/t15-,16+. The number of urea groups is 1. The van der Waals surface area contributed by atoms with Crippen LogP contribution in [0.2, 0.25) is 0 Å². The number of benzene rings is 1. The Morgan fingerprint density at radius 2 is 1.65 bits per heavy atom. The topological polar surface area (TPSA) is 53.1 Å². The molecule has 142 valence electrons. The Morgan fingerprint density at radius 1 is 1.04 bits per heavy atom. The van der Waals surface area contributed by atoms with E-state index in [0.29, 0.717) is 43.0 Å². The Balaban J connectivity index is 1.32. The van der Waals surface area contributed by atoms with Gasteiger partial charge in [0.25, 0.3) is 0 Å². The summed E-state index contributed by atoms with van der Waals surface area (Å²) in [4.78, 5) is 19.0. The van der Waals surface area contributed by atoms with Crippen molar-refractivity contribution in [1.82, 2.24) is 9.80 Å². The Bertz CT molecular complexity index is 657. The average molecular weight is 378 g/mol. The average Bonchev–Trinajstić information content (AvgIpc) is 3.22. The molecule has 0 radical (unpaired) electrons. The Hall–Kier alpha value is -1.76. The van der Waals surface area contributed by atoms with Crippen molar-refractivity contribution < 1.29 is 13.7 Å². The van der Waals surface area contributed by atoms with Gasteiger partial charge in [-0.3, -0.25) is 4.21 Å². The molecule has 3 heterocycles. The van der Waals surface area contributed by atoms with Crippen LogP contribution in [0.4, 0.5) is 10.5 Å². The zero-order chi connectivity index (χ0) is 18.1. The highest BCUT2D eigenvalue weighted by Gasteiger charge is 2.42. The van der Waals surface area contributed by atoms with Crippen molar-refractivity contribution >= 4 is 22.5 Å². The second kappa shape index (κ2) is 7.47. The highest BCUT2D eigenvalue weighted by Crippen LogP contribution is 2.35. The number of likely N-dealkylation sites (tertiary alicyclic amines) is 1. The zero-order valence-electron chi connectivity index (χ0n) is 15.3. The maximum Gasteiger partial charge on any atom is 0.320 e. The van der Waals surface area contributed by atoms with Crippen molar-refractivity contribution in [3.05, 3.63) is 24.3 Å². The van der Waals surface area contributed by atoms with Crippen molar-refractivity contribution in [2.45, 2.75) is 6.92 Å². The monoisotopic (exact) mass is 377 g/mol. The number of ether oxygens (including phenoxy) is 1. The molecule has 26 heavy (non-hydrogen) atoms. The summed E-state index contributed by atoms with van der Waals surface area (Å²) >= 11 is 0. The molecule has 2 amide bonds. The number of amides is 2. The van der Waals surface area contributed by atoms with E-state index >= 15 is 0 Å². The predicted molar refractivity (Wildman–Crippen MR) is 103 cm³/mol. The van der Waals surface area contributed by atoms with Gasteiger partial charge in [-0.2, -0.15) is 0 Å². The molecule has 3 fully saturated rings. The first-order chi connectivity index (χ1) is 12.6. The van der Waals surface area contributed by atoms with Crippen LogP contribution in [0, 0.1) is 11.8 Å². The van der Waals surface area contributed by atoms with Gasteiger partial charge in [0, 0.05) is 79.1 Å². The molecule has 0 unspecified atom stereocenters. The van der Waals surface area contributed by atoms with Crippen molar-refractivity contribution in [3.8, 4) is 5.75 Å². The lowest BCUT2D eigenvalue weighted by Gasteiger charge is -2.31. The minimum Gasteiger partial charge on any atom is -0.494 e. The van der Waals surface area contributed by atoms with Crippen molar-refractivity contribution in [1.29, 1.82) is 0 Å². The molecule has 2 atom stereocenters. The highest BCUT2D eigenvalue weighted by molar-refractivity contribution is 7.85. The quantitative estimate of drug-likeness (QED) is 0.804. The number of hydrogen-bond acceptors (Lipinski definition) is 4. The summed E-state index contributed by atoms with van der Waals surface area (Å²) < 4.78 is 17.0. The minimum atomic E-state index is -0.741. The Morgan fingerprint density at radius 3 is 2.23 bits per heavy atom. The van der Waals surface area contributed by atoms with Crippen molar-refractivity contribution in [3.63, 3.8) is 0 Å². The van der Waals surface area contributed by atoms with E-state index in [2.05, 4.69) is 17.0 Å². The number of carbonyl (C=O) groups is 1. The van der Waals surface area contributed by atoms with Gasteiger partial charge in [0.15, 0.2) is 0 Å².